The van der Waals surface area contributed by atoms with Gasteiger partial charge in [-0.3, -0.25) is 4.68 Å². The van der Waals surface area contributed by atoms with Crippen LogP contribution in [0.2, 0.25) is 0 Å². The van der Waals surface area contributed by atoms with Crippen LogP contribution in [0.1, 0.15) is 31.3 Å². The van der Waals surface area contributed by atoms with Crippen molar-refractivity contribution in [3.63, 3.8) is 0 Å². The molecule has 0 atom stereocenters. The SMILES string of the molecule is CC(C)c1nc(NCc2ccnn2C)n(C)n1. The van der Waals surface area contributed by atoms with Crippen LogP contribution in [0.25, 0.3) is 0 Å². The van der Waals surface area contributed by atoms with Crippen molar-refractivity contribution in [2.24, 2.45) is 14.1 Å². The average molecular weight is 234 g/mol. The van der Waals surface area contributed by atoms with E-state index >= 15 is 0 Å². The first-order valence-electron chi connectivity index (χ1n) is 5.69. The molecule has 0 aliphatic rings. The van der Waals surface area contributed by atoms with Crippen molar-refractivity contribution in [3.05, 3.63) is 23.8 Å². The molecule has 17 heavy (non-hydrogen) atoms. The lowest BCUT2D eigenvalue weighted by atomic mass is 10.2. The summed E-state index contributed by atoms with van der Waals surface area (Å²) in [5.74, 6) is 1.99. The van der Waals surface area contributed by atoms with E-state index < -0.39 is 0 Å². The Morgan fingerprint density at radius 3 is 2.59 bits per heavy atom. The second kappa shape index (κ2) is 4.57. The van der Waals surface area contributed by atoms with E-state index in [2.05, 4.69) is 34.3 Å². The highest BCUT2D eigenvalue weighted by Gasteiger charge is 2.10. The second-order valence-corrected chi connectivity index (χ2v) is 4.37. The summed E-state index contributed by atoms with van der Waals surface area (Å²) in [6.45, 7) is 4.86. The van der Waals surface area contributed by atoms with Gasteiger partial charge in [0.15, 0.2) is 5.82 Å². The highest BCUT2D eigenvalue weighted by molar-refractivity contribution is 5.26. The van der Waals surface area contributed by atoms with Gasteiger partial charge in [-0.25, -0.2) is 4.68 Å². The van der Waals surface area contributed by atoms with Gasteiger partial charge in [-0.1, -0.05) is 13.8 Å². The fourth-order valence-electron chi connectivity index (χ4n) is 1.55. The van der Waals surface area contributed by atoms with Gasteiger partial charge in [-0.05, 0) is 6.07 Å². The first-order valence-corrected chi connectivity index (χ1v) is 5.69. The third-order valence-electron chi connectivity index (χ3n) is 2.65. The Labute approximate surface area is 101 Å². The van der Waals surface area contributed by atoms with Gasteiger partial charge < -0.3 is 5.32 Å². The summed E-state index contributed by atoms with van der Waals surface area (Å²) < 4.78 is 3.61. The summed E-state index contributed by atoms with van der Waals surface area (Å²) >= 11 is 0. The Balaban J connectivity index is 2.06. The van der Waals surface area contributed by atoms with Gasteiger partial charge in [0.05, 0.1) is 12.2 Å². The molecule has 2 aromatic rings. The topological polar surface area (TPSA) is 60.6 Å². The fourth-order valence-corrected chi connectivity index (χ4v) is 1.55. The molecule has 0 spiro atoms. The van der Waals surface area contributed by atoms with Crippen molar-refractivity contribution >= 4 is 5.95 Å². The molecular formula is C11H18N6. The third kappa shape index (κ3) is 2.46. The van der Waals surface area contributed by atoms with Gasteiger partial charge in [0, 0.05) is 26.2 Å². The molecule has 0 fully saturated rings. The maximum Gasteiger partial charge on any atom is 0.221 e. The average Bonchev–Trinajstić information content (AvgIpc) is 2.82. The number of anilines is 1. The van der Waals surface area contributed by atoms with Gasteiger partial charge in [-0.15, -0.1) is 0 Å². The molecule has 0 amide bonds. The monoisotopic (exact) mass is 234 g/mol. The molecule has 6 heteroatoms. The van der Waals surface area contributed by atoms with Crippen LogP contribution in [-0.2, 0) is 20.6 Å². The summed E-state index contributed by atoms with van der Waals surface area (Å²) in [7, 11) is 3.82. The van der Waals surface area contributed by atoms with Crippen LogP contribution < -0.4 is 5.32 Å². The molecule has 0 bridgehead atoms. The molecule has 2 heterocycles. The van der Waals surface area contributed by atoms with E-state index in [9.17, 15) is 0 Å². The Morgan fingerprint density at radius 1 is 1.29 bits per heavy atom. The van der Waals surface area contributed by atoms with Crippen molar-refractivity contribution in [2.45, 2.75) is 26.3 Å². The molecular weight excluding hydrogens is 216 g/mol. The molecule has 0 unspecified atom stereocenters. The zero-order valence-corrected chi connectivity index (χ0v) is 10.7. The molecule has 0 saturated carbocycles. The maximum atomic E-state index is 4.45. The number of aromatic nitrogens is 5. The molecule has 6 nitrogen and oxygen atoms in total. The predicted octanol–water partition coefficient (Wildman–Crippen LogP) is 1.28. The molecule has 2 aromatic heterocycles. The van der Waals surface area contributed by atoms with E-state index in [-0.39, 0.29) is 0 Å². The number of rotatable bonds is 4. The summed E-state index contributed by atoms with van der Waals surface area (Å²) in [5, 5.41) is 11.7. The summed E-state index contributed by atoms with van der Waals surface area (Å²) in [5.41, 5.74) is 1.11. The molecule has 92 valence electrons. The lowest BCUT2D eigenvalue weighted by molar-refractivity contribution is 0.702. The quantitative estimate of drug-likeness (QED) is 0.865. The number of hydrogen-bond donors (Lipinski definition) is 1. The van der Waals surface area contributed by atoms with Crippen molar-refractivity contribution in [3.8, 4) is 0 Å². The fraction of sp³-hybridized carbons (Fsp3) is 0.545. The summed E-state index contributed by atoms with van der Waals surface area (Å²) in [4.78, 5) is 4.45. The van der Waals surface area contributed by atoms with Gasteiger partial charge in [-0.2, -0.15) is 15.2 Å². The highest BCUT2D eigenvalue weighted by Crippen LogP contribution is 2.12. The molecule has 0 aliphatic carbocycles. The Kier molecular flexibility index (Phi) is 3.12. The van der Waals surface area contributed by atoms with E-state index in [1.165, 1.54) is 0 Å². The van der Waals surface area contributed by atoms with Gasteiger partial charge in [0.25, 0.3) is 0 Å². The van der Waals surface area contributed by atoms with Crippen LogP contribution in [0.5, 0.6) is 0 Å². The van der Waals surface area contributed by atoms with Crippen molar-refractivity contribution in [2.75, 3.05) is 5.32 Å². The smallest absolute Gasteiger partial charge is 0.221 e. The van der Waals surface area contributed by atoms with Crippen LogP contribution in [-0.4, -0.2) is 24.5 Å². The minimum Gasteiger partial charge on any atom is -0.349 e. The minimum absolute atomic E-state index is 0.341. The van der Waals surface area contributed by atoms with E-state index in [4.69, 9.17) is 0 Å². The predicted molar refractivity (Wildman–Crippen MR) is 65.6 cm³/mol. The van der Waals surface area contributed by atoms with Crippen LogP contribution in [0, 0.1) is 0 Å². The first kappa shape index (κ1) is 11.6. The van der Waals surface area contributed by atoms with E-state index in [0.29, 0.717) is 12.5 Å². The maximum absolute atomic E-state index is 4.45. The van der Waals surface area contributed by atoms with Crippen molar-refractivity contribution in [1.29, 1.82) is 0 Å². The summed E-state index contributed by atoms with van der Waals surface area (Å²) in [6, 6.07) is 1.98. The Hall–Kier alpha value is -1.85. The van der Waals surface area contributed by atoms with Crippen molar-refractivity contribution < 1.29 is 0 Å². The molecule has 0 aromatic carbocycles. The van der Waals surface area contributed by atoms with Crippen LogP contribution in [0.15, 0.2) is 12.3 Å². The second-order valence-electron chi connectivity index (χ2n) is 4.37. The van der Waals surface area contributed by atoms with Gasteiger partial charge in [0.2, 0.25) is 5.95 Å². The van der Waals surface area contributed by atoms with E-state index in [1.54, 1.807) is 10.9 Å². The molecule has 1 N–H and O–H groups in total. The molecule has 0 saturated heterocycles. The van der Waals surface area contributed by atoms with Crippen LogP contribution in [0.3, 0.4) is 0 Å². The third-order valence-corrected chi connectivity index (χ3v) is 2.65. The highest BCUT2D eigenvalue weighted by atomic mass is 15.4. The number of nitrogens with zero attached hydrogens (tertiary/aromatic N) is 5. The largest absolute Gasteiger partial charge is 0.349 e. The van der Waals surface area contributed by atoms with E-state index in [1.807, 2.05) is 24.8 Å². The first-order chi connectivity index (χ1) is 8.08. The molecule has 0 aliphatic heterocycles. The Bertz CT molecular complexity index is 496. The van der Waals surface area contributed by atoms with Gasteiger partial charge in [0.1, 0.15) is 0 Å². The molecule has 0 radical (unpaired) electrons. The van der Waals surface area contributed by atoms with Gasteiger partial charge >= 0.3 is 0 Å². The number of aryl methyl sites for hydroxylation is 2. The number of nitrogens with one attached hydrogen (secondary N) is 1. The zero-order chi connectivity index (χ0) is 12.4. The lowest BCUT2D eigenvalue weighted by Crippen LogP contribution is -2.09. The Morgan fingerprint density at radius 2 is 2.06 bits per heavy atom. The lowest BCUT2D eigenvalue weighted by Gasteiger charge is -2.04. The number of hydrogen-bond acceptors (Lipinski definition) is 4. The summed E-state index contributed by atoms with van der Waals surface area (Å²) in [6.07, 6.45) is 1.78. The minimum atomic E-state index is 0.341. The van der Waals surface area contributed by atoms with Crippen LogP contribution in [0.4, 0.5) is 5.95 Å². The standard InChI is InChI=1S/C11H18N6/c1-8(2)10-14-11(17(4)15-10)12-7-9-5-6-13-16(9)3/h5-6,8H,7H2,1-4H3,(H,12,14,15). The van der Waals surface area contributed by atoms with Crippen molar-refractivity contribution in [1.82, 2.24) is 24.5 Å². The van der Waals surface area contributed by atoms with Crippen LogP contribution >= 0.6 is 0 Å². The normalized spacial score (nSPS) is 11.1. The molecule has 2 rings (SSSR count). The van der Waals surface area contributed by atoms with E-state index in [0.717, 1.165) is 17.5 Å². The zero-order valence-electron chi connectivity index (χ0n) is 10.7.